The Hall–Kier alpha value is -0.690. The third kappa shape index (κ3) is 1.29. The average molecular weight is 182 g/mol. The van der Waals surface area contributed by atoms with Crippen molar-refractivity contribution in [3.8, 4) is 0 Å². The lowest BCUT2D eigenvalue weighted by molar-refractivity contribution is 0.587. The normalized spacial score (nSPS) is 32.2. The summed E-state index contributed by atoms with van der Waals surface area (Å²) in [6, 6.07) is 0.490. The van der Waals surface area contributed by atoms with Crippen LogP contribution in [0.2, 0.25) is 0 Å². The Kier molecular flexibility index (Phi) is 2.22. The van der Waals surface area contributed by atoms with Gasteiger partial charge in [0.05, 0.1) is 6.04 Å². The zero-order chi connectivity index (χ0) is 8.39. The topological polar surface area (TPSA) is 12.0 Å². The fraction of sp³-hybridized carbons (Fsp3) is 0.400. The van der Waals surface area contributed by atoms with Crippen molar-refractivity contribution in [3.05, 3.63) is 36.1 Å². The Balaban J connectivity index is 2.25. The minimum Gasteiger partial charge on any atom is -0.384 e. The van der Waals surface area contributed by atoms with Crippen LogP contribution in [0.3, 0.4) is 0 Å². The second-order valence-corrected chi connectivity index (χ2v) is 3.48. The molecule has 1 aliphatic heterocycles. The zero-order valence-electron chi connectivity index (χ0n) is 6.83. The molecule has 2 rings (SSSR count). The van der Waals surface area contributed by atoms with Crippen molar-refractivity contribution < 1.29 is 0 Å². The largest absolute Gasteiger partial charge is 0.384 e. The molecule has 0 bridgehead atoms. The molecule has 0 radical (unpaired) electrons. The number of fused-ring (bicyclic) bond motifs is 1. The zero-order valence-corrected chi connectivity index (χ0v) is 7.59. The van der Waals surface area contributed by atoms with Gasteiger partial charge in [-0.25, -0.2) is 0 Å². The summed E-state index contributed by atoms with van der Waals surface area (Å²) in [5.41, 5.74) is 1.43. The number of allylic oxidation sites excluding steroid dienone is 3. The van der Waals surface area contributed by atoms with Gasteiger partial charge in [-0.1, -0.05) is 18.2 Å². The highest BCUT2D eigenvalue weighted by molar-refractivity contribution is 6.18. The van der Waals surface area contributed by atoms with E-state index in [0.29, 0.717) is 17.8 Å². The fourth-order valence-electron chi connectivity index (χ4n) is 1.76. The molecule has 2 atom stereocenters. The van der Waals surface area contributed by atoms with Gasteiger partial charge in [0.15, 0.2) is 0 Å². The maximum absolute atomic E-state index is 5.86. The van der Waals surface area contributed by atoms with E-state index in [1.807, 2.05) is 12.3 Å². The van der Waals surface area contributed by atoms with Crippen LogP contribution in [-0.2, 0) is 0 Å². The smallest absolute Gasteiger partial charge is 0.0511 e. The van der Waals surface area contributed by atoms with Gasteiger partial charge in [0.1, 0.15) is 0 Å². The van der Waals surface area contributed by atoms with E-state index in [0.717, 1.165) is 6.42 Å². The Morgan fingerprint density at radius 1 is 1.58 bits per heavy atom. The molecule has 2 heteroatoms. The highest BCUT2D eigenvalue weighted by Crippen LogP contribution is 2.27. The highest BCUT2D eigenvalue weighted by atomic mass is 35.5. The third-order valence-electron chi connectivity index (χ3n) is 2.42. The number of hydrogen-bond donors (Lipinski definition) is 1. The van der Waals surface area contributed by atoms with Crippen LogP contribution in [0.15, 0.2) is 36.1 Å². The lowest BCUT2D eigenvalue weighted by Gasteiger charge is -2.29. The molecule has 1 nitrogen and oxygen atoms in total. The summed E-state index contributed by atoms with van der Waals surface area (Å²) >= 11 is 5.86. The van der Waals surface area contributed by atoms with Crippen molar-refractivity contribution in [2.75, 3.05) is 5.88 Å². The van der Waals surface area contributed by atoms with Gasteiger partial charge < -0.3 is 5.32 Å². The summed E-state index contributed by atoms with van der Waals surface area (Å²) in [5.74, 6) is 1.12. The minimum absolute atomic E-state index is 0.433. The van der Waals surface area contributed by atoms with E-state index in [1.165, 1.54) is 5.57 Å². The maximum Gasteiger partial charge on any atom is 0.0511 e. The first-order chi connectivity index (χ1) is 5.92. The lowest BCUT2D eigenvalue weighted by Crippen LogP contribution is -2.33. The van der Waals surface area contributed by atoms with E-state index in [-0.39, 0.29) is 0 Å². The van der Waals surface area contributed by atoms with Crippen LogP contribution in [0.25, 0.3) is 0 Å². The van der Waals surface area contributed by atoms with Crippen LogP contribution >= 0.6 is 11.6 Å². The molecule has 64 valence electrons. The van der Waals surface area contributed by atoms with E-state index >= 15 is 0 Å². The van der Waals surface area contributed by atoms with E-state index in [2.05, 4.69) is 23.5 Å². The predicted octanol–water partition coefficient (Wildman–Crippen LogP) is 2.21. The predicted molar refractivity (Wildman–Crippen MR) is 52.1 cm³/mol. The van der Waals surface area contributed by atoms with Crippen molar-refractivity contribution >= 4 is 11.6 Å². The average Bonchev–Trinajstić information content (AvgIpc) is 2.17. The van der Waals surface area contributed by atoms with Gasteiger partial charge in [0, 0.05) is 11.8 Å². The number of alkyl halides is 1. The fourth-order valence-corrected chi connectivity index (χ4v) is 2.04. The van der Waals surface area contributed by atoms with Gasteiger partial charge in [-0.2, -0.15) is 0 Å². The van der Waals surface area contributed by atoms with E-state index < -0.39 is 0 Å². The highest BCUT2D eigenvalue weighted by Gasteiger charge is 2.22. The van der Waals surface area contributed by atoms with Crippen molar-refractivity contribution in [1.82, 2.24) is 5.32 Å². The SMILES string of the molecule is ClCC1C=CCC2NC=CC=C12. The third-order valence-corrected chi connectivity index (χ3v) is 2.75. The molecule has 12 heavy (non-hydrogen) atoms. The molecule has 0 aromatic rings. The molecule has 2 aliphatic rings. The summed E-state index contributed by atoms with van der Waals surface area (Å²) < 4.78 is 0. The van der Waals surface area contributed by atoms with Crippen molar-refractivity contribution in [2.45, 2.75) is 12.5 Å². The van der Waals surface area contributed by atoms with Gasteiger partial charge in [-0.15, -0.1) is 11.6 Å². The Morgan fingerprint density at radius 3 is 3.33 bits per heavy atom. The van der Waals surface area contributed by atoms with Crippen LogP contribution in [0, 0.1) is 5.92 Å². The molecule has 1 aliphatic carbocycles. The molecular formula is C10H12ClN. The van der Waals surface area contributed by atoms with Crippen LogP contribution in [0.5, 0.6) is 0 Å². The molecule has 1 N–H and O–H groups in total. The molecule has 0 fully saturated rings. The molecule has 1 heterocycles. The summed E-state index contributed by atoms with van der Waals surface area (Å²) in [6.45, 7) is 0. The first-order valence-corrected chi connectivity index (χ1v) is 4.80. The summed E-state index contributed by atoms with van der Waals surface area (Å²) in [4.78, 5) is 0. The van der Waals surface area contributed by atoms with Gasteiger partial charge in [-0.3, -0.25) is 0 Å². The molecule has 0 aromatic carbocycles. The number of rotatable bonds is 1. The van der Waals surface area contributed by atoms with E-state index in [1.54, 1.807) is 0 Å². The van der Waals surface area contributed by atoms with Crippen LogP contribution < -0.4 is 5.32 Å². The molecule has 0 saturated heterocycles. The van der Waals surface area contributed by atoms with Crippen LogP contribution in [0.1, 0.15) is 6.42 Å². The molecule has 0 spiro atoms. The standard InChI is InChI=1S/C10H12ClN/c11-7-8-3-1-5-10-9(8)4-2-6-12-10/h1-4,6,8,10,12H,5,7H2. The van der Waals surface area contributed by atoms with Crippen LogP contribution in [0.4, 0.5) is 0 Å². The van der Waals surface area contributed by atoms with Gasteiger partial charge >= 0.3 is 0 Å². The first-order valence-electron chi connectivity index (χ1n) is 4.27. The van der Waals surface area contributed by atoms with Crippen LogP contribution in [-0.4, -0.2) is 11.9 Å². The second-order valence-electron chi connectivity index (χ2n) is 3.17. The Labute approximate surface area is 77.8 Å². The summed E-state index contributed by atoms with van der Waals surface area (Å²) in [6.07, 6.45) is 11.7. The lowest BCUT2D eigenvalue weighted by atomic mass is 9.86. The van der Waals surface area contributed by atoms with Crippen molar-refractivity contribution in [1.29, 1.82) is 0 Å². The molecule has 2 unspecified atom stereocenters. The summed E-state index contributed by atoms with van der Waals surface area (Å²) in [7, 11) is 0. The molecule has 0 aromatic heterocycles. The quantitative estimate of drug-likeness (QED) is 0.483. The number of nitrogens with one attached hydrogen (secondary N) is 1. The maximum atomic E-state index is 5.86. The van der Waals surface area contributed by atoms with Gasteiger partial charge in [-0.05, 0) is 24.3 Å². The minimum atomic E-state index is 0.433. The van der Waals surface area contributed by atoms with E-state index in [4.69, 9.17) is 11.6 Å². The first kappa shape index (κ1) is 7.93. The monoisotopic (exact) mass is 181 g/mol. The van der Waals surface area contributed by atoms with E-state index in [9.17, 15) is 0 Å². The number of dihydropyridines is 1. The summed E-state index contributed by atoms with van der Waals surface area (Å²) in [5, 5.41) is 3.33. The molecular weight excluding hydrogens is 170 g/mol. The number of hydrogen-bond acceptors (Lipinski definition) is 1. The Bertz CT molecular complexity index is 253. The molecule has 0 amide bonds. The van der Waals surface area contributed by atoms with Gasteiger partial charge in [0.25, 0.3) is 0 Å². The second kappa shape index (κ2) is 3.36. The van der Waals surface area contributed by atoms with Crippen molar-refractivity contribution in [2.24, 2.45) is 5.92 Å². The number of halogens is 1. The van der Waals surface area contributed by atoms with Crippen molar-refractivity contribution in [3.63, 3.8) is 0 Å². The van der Waals surface area contributed by atoms with Gasteiger partial charge in [0.2, 0.25) is 0 Å². The Morgan fingerprint density at radius 2 is 2.50 bits per heavy atom. The molecule has 0 saturated carbocycles.